The highest BCUT2D eigenvalue weighted by molar-refractivity contribution is 5.87. The Hall–Kier alpha value is -8.24. The minimum atomic E-state index is -0.943. The topological polar surface area (TPSA) is 106 Å². The van der Waals surface area contributed by atoms with Crippen molar-refractivity contribution in [2.24, 2.45) is 14.1 Å². The van der Waals surface area contributed by atoms with Crippen LogP contribution in [0.5, 0.6) is 0 Å². The number of carbonyl (C=O) groups is 2. The molecule has 2 aromatic heterocycles. The van der Waals surface area contributed by atoms with Crippen LogP contribution in [-0.2, 0) is 54.1 Å². The van der Waals surface area contributed by atoms with Crippen molar-refractivity contribution >= 4 is 35.5 Å². The number of ether oxygens (including phenoxy) is 1. The second kappa shape index (κ2) is 21.6. The lowest BCUT2D eigenvalue weighted by molar-refractivity contribution is -0.135. The van der Waals surface area contributed by atoms with Gasteiger partial charge in [0.15, 0.2) is 0 Å². The summed E-state index contributed by atoms with van der Waals surface area (Å²) in [6.45, 7) is 6.21. The van der Waals surface area contributed by atoms with E-state index in [1.54, 1.807) is 12.2 Å². The third-order valence-corrected chi connectivity index (χ3v) is 13.7. The molecule has 0 radical (unpaired) electrons. The number of hydrogen-bond acceptors (Lipinski definition) is 7. The number of carboxylic acid groups (broad SMARTS) is 1. The summed E-state index contributed by atoms with van der Waals surface area (Å²) in [6, 6.07) is 48.2. The van der Waals surface area contributed by atoms with Gasteiger partial charge in [-0.25, -0.2) is 9.59 Å². The van der Waals surface area contributed by atoms with Gasteiger partial charge in [-0.15, -0.1) is 0 Å². The average molecular weight is 941 g/mol. The minimum absolute atomic E-state index is 0.0756. The Balaban J connectivity index is 0.000000176. The maximum absolute atomic E-state index is 11.5. The van der Waals surface area contributed by atoms with Crippen molar-refractivity contribution < 1.29 is 19.4 Å². The Labute approximate surface area is 416 Å². The van der Waals surface area contributed by atoms with E-state index in [1.165, 1.54) is 86.3 Å². The summed E-state index contributed by atoms with van der Waals surface area (Å²) in [5, 5.41) is 17.6. The lowest BCUT2D eigenvalue weighted by Crippen LogP contribution is -2.36. The molecule has 71 heavy (non-hydrogen) atoms. The summed E-state index contributed by atoms with van der Waals surface area (Å²) in [6.07, 6.45) is 18.0. The molecule has 0 spiro atoms. The predicted octanol–water partition coefficient (Wildman–Crippen LogP) is 11.9. The van der Waals surface area contributed by atoms with Crippen molar-refractivity contribution in [3.63, 3.8) is 0 Å². The number of carbonyl (C=O) groups excluding carboxylic acids is 1. The van der Waals surface area contributed by atoms with Gasteiger partial charge in [0.1, 0.15) is 0 Å². The lowest BCUT2D eigenvalue weighted by Gasteiger charge is -2.40. The third kappa shape index (κ3) is 11.0. The highest BCUT2D eigenvalue weighted by Gasteiger charge is 2.31. The first-order valence-corrected chi connectivity index (χ1v) is 24.4. The molecular formula is C61H60N6O4. The van der Waals surface area contributed by atoms with E-state index in [0.29, 0.717) is 0 Å². The van der Waals surface area contributed by atoms with Crippen LogP contribution in [-0.4, -0.2) is 56.8 Å². The fourth-order valence-corrected chi connectivity index (χ4v) is 9.85. The van der Waals surface area contributed by atoms with Crippen molar-refractivity contribution in [2.45, 2.75) is 51.6 Å². The number of benzene rings is 6. The number of methoxy groups -OCH3 is 1. The molecule has 0 saturated carbocycles. The molecule has 0 bridgehead atoms. The Morgan fingerprint density at radius 3 is 1.37 bits per heavy atom. The van der Waals surface area contributed by atoms with Gasteiger partial charge >= 0.3 is 11.9 Å². The maximum Gasteiger partial charge on any atom is 0.330 e. The van der Waals surface area contributed by atoms with Crippen LogP contribution < -0.4 is 9.80 Å². The molecule has 0 amide bonds. The zero-order valence-corrected chi connectivity index (χ0v) is 41.1. The molecule has 2 aliphatic rings. The fraction of sp³-hybridized carbons (Fsp3) is 0.213. The zero-order chi connectivity index (χ0) is 49.4. The van der Waals surface area contributed by atoms with Crippen LogP contribution in [0.1, 0.15) is 81.6 Å². The number of carboxylic acids is 1. The number of fused-ring (bicyclic) bond motifs is 2. The van der Waals surface area contributed by atoms with Gasteiger partial charge in [0.25, 0.3) is 0 Å². The molecular weight excluding hydrogens is 881 g/mol. The third-order valence-electron chi connectivity index (χ3n) is 13.7. The summed E-state index contributed by atoms with van der Waals surface area (Å²) < 4.78 is 8.39. The molecule has 10 rings (SSSR count). The predicted molar refractivity (Wildman–Crippen MR) is 285 cm³/mol. The van der Waals surface area contributed by atoms with Gasteiger partial charge in [-0.2, -0.15) is 10.2 Å². The SMILES string of the molecule is CCc1ccc(N2CCc3cc(-c4cnn(C)c4)ccc3C2c2ccc(/C=C/C(=O)O)cc2)cc1.CCc1ccc(N2CCc3cc(-c4cnn(C)c4)ccc3C2c2ccc(/C=C/C(=O)OC)cc2)cc1. The van der Waals surface area contributed by atoms with E-state index in [-0.39, 0.29) is 18.1 Å². The van der Waals surface area contributed by atoms with Crippen LogP contribution in [0, 0.1) is 0 Å². The summed E-state index contributed by atoms with van der Waals surface area (Å²) in [4.78, 5) is 27.4. The largest absolute Gasteiger partial charge is 0.478 e. The van der Waals surface area contributed by atoms with Crippen LogP contribution in [0.15, 0.2) is 170 Å². The fourth-order valence-electron chi connectivity index (χ4n) is 9.85. The smallest absolute Gasteiger partial charge is 0.330 e. The number of anilines is 2. The quantitative estimate of drug-likeness (QED) is 0.0954. The van der Waals surface area contributed by atoms with Crippen molar-refractivity contribution in [3.05, 3.63) is 226 Å². The molecule has 358 valence electrons. The van der Waals surface area contributed by atoms with Gasteiger partial charge in [0, 0.05) is 74.2 Å². The van der Waals surface area contributed by atoms with E-state index in [1.807, 2.05) is 54.2 Å². The van der Waals surface area contributed by atoms with Crippen LogP contribution in [0.2, 0.25) is 0 Å². The minimum Gasteiger partial charge on any atom is -0.478 e. The molecule has 0 saturated heterocycles. The highest BCUT2D eigenvalue weighted by atomic mass is 16.5. The van der Waals surface area contributed by atoms with Crippen LogP contribution in [0.4, 0.5) is 11.4 Å². The Morgan fingerprint density at radius 2 is 1.00 bits per heavy atom. The number of aryl methyl sites for hydroxylation is 4. The molecule has 10 nitrogen and oxygen atoms in total. The van der Waals surface area contributed by atoms with Crippen molar-refractivity contribution in [1.82, 2.24) is 19.6 Å². The Kier molecular flexibility index (Phi) is 14.5. The maximum atomic E-state index is 11.5. The van der Waals surface area contributed by atoms with Gasteiger partial charge in [0.05, 0.1) is 31.6 Å². The summed E-state index contributed by atoms with van der Waals surface area (Å²) in [5.74, 6) is -1.30. The lowest BCUT2D eigenvalue weighted by atomic mass is 9.86. The summed E-state index contributed by atoms with van der Waals surface area (Å²) in [7, 11) is 5.27. The molecule has 6 aromatic carbocycles. The van der Waals surface area contributed by atoms with E-state index in [2.05, 4.69) is 161 Å². The first-order chi connectivity index (χ1) is 34.6. The van der Waals surface area contributed by atoms with Crippen molar-refractivity contribution in [3.8, 4) is 22.3 Å². The summed E-state index contributed by atoms with van der Waals surface area (Å²) >= 11 is 0. The zero-order valence-electron chi connectivity index (χ0n) is 41.1. The number of nitrogens with zero attached hydrogens (tertiary/aromatic N) is 6. The molecule has 2 atom stereocenters. The molecule has 2 unspecified atom stereocenters. The van der Waals surface area contributed by atoms with Gasteiger partial charge in [-0.1, -0.05) is 123 Å². The second-order valence-electron chi connectivity index (χ2n) is 18.2. The van der Waals surface area contributed by atoms with Crippen LogP contribution in [0.25, 0.3) is 34.4 Å². The second-order valence-corrected chi connectivity index (χ2v) is 18.2. The normalized spacial score (nSPS) is 15.3. The molecule has 10 heteroatoms. The van der Waals surface area contributed by atoms with Crippen molar-refractivity contribution in [2.75, 3.05) is 30.0 Å². The molecule has 8 aromatic rings. The van der Waals surface area contributed by atoms with Crippen LogP contribution in [0.3, 0.4) is 0 Å². The number of esters is 1. The Bertz CT molecular complexity index is 3180. The van der Waals surface area contributed by atoms with E-state index >= 15 is 0 Å². The van der Waals surface area contributed by atoms with Gasteiger partial charge < -0.3 is 19.6 Å². The molecule has 2 aliphatic heterocycles. The first kappa shape index (κ1) is 47.8. The van der Waals surface area contributed by atoms with E-state index in [9.17, 15) is 9.59 Å². The van der Waals surface area contributed by atoms with Gasteiger partial charge in [-0.3, -0.25) is 9.36 Å². The highest BCUT2D eigenvalue weighted by Crippen LogP contribution is 2.42. The standard InChI is InChI=1S/C31H31N3O2.C30H29N3O2/c1-4-22-7-13-28(14-8-22)34-18-17-26-19-25(27-20-32-33(2)21-27)12-15-29(26)31(34)24-10-5-23(6-11-24)9-16-30(35)36-3;1-3-21-6-12-27(13-7-21)33-17-16-25-18-24(26-19-31-32(2)20-26)11-14-28(25)30(33)23-9-4-22(5-10-23)8-15-29(34)35/h5-16,19-21,31H,4,17-18H2,1-3H3;4-15,18-20,30H,3,16-17H2,1-2H3,(H,34,35)/b16-9+;15-8+. The Morgan fingerprint density at radius 1 is 0.577 bits per heavy atom. The first-order valence-electron chi connectivity index (χ1n) is 24.4. The number of aliphatic carboxylic acids is 1. The summed E-state index contributed by atoms with van der Waals surface area (Å²) in [5.41, 5.74) is 19.4. The number of rotatable bonds is 12. The molecule has 4 heterocycles. The van der Waals surface area contributed by atoms with E-state index in [4.69, 9.17) is 9.84 Å². The molecule has 0 fully saturated rings. The van der Waals surface area contributed by atoms with Crippen molar-refractivity contribution in [1.29, 1.82) is 0 Å². The van der Waals surface area contributed by atoms with E-state index in [0.717, 1.165) is 61.0 Å². The molecule has 1 N–H and O–H groups in total. The van der Waals surface area contributed by atoms with Crippen LogP contribution >= 0.6 is 0 Å². The number of hydrogen-bond donors (Lipinski definition) is 1. The average Bonchev–Trinajstić information content (AvgIpc) is 4.07. The monoisotopic (exact) mass is 940 g/mol. The molecule has 0 aliphatic carbocycles. The van der Waals surface area contributed by atoms with E-state index < -0.39 is 5.97 Å². The van der Waals surface area contributed by atoms with Gasteiger partial charge in [0.2, 0.25) is 0 Å². The number of aromatic nitrogens is 4. The van der Waals surface area contributed by atoms with Gasteiger partial charge in [-0.05, 0) is 129 Å².